The molecular formula is C62H68N3OPt-. The zero-order chi connectivity index (χ0) is 49.5. The Labute approximate surface area is 418 Å². The van der Waals surface area contributed by atoms with Crippen molar-refractivity contribution in [3.05, 3.63) is 167 Å². The van der Waals surface area contributed by atoms with Gasteiger partial charge in [0, 0.05) is 44.1 Å². The number of para-hydroxylation sites is 1. The third kappa shape index (κ3) is 9.89. The molecule has 8 aromatic rings. The van der Waals surface area contributed by atoms with Gasteiger partial charge in [0.05, 0.1) is 25.0 Å². The molecule has 8 rings (SSSR count). The fourth-order valence-electron chi connectivity index (χ4n) is 8.80. The minimum absolute atomic E-state index is 0. The van der Waals surface area contributed by atoms with E-state index in [9.17, 15) is 7.85 Å². The van der Waals surface area contributed by atoms with E-state index >= 15 is 0 Å². The molecule has 4 nitrogen and oxygen atoms in total. The Morgan fingerprint density at radius 2 is 1.12 bits per heavy atom. The maximum atomic E-state index is 12.7. The Hall–Kier alpha value is -5.57. The van der Waals surface area contributed by atoms with Crippen LogP contribution in [-0.4, -0.2) is 19.6 Å². The molecule has 6 aromatic carbocycles. The number of phenols is 1. The molecule has 0 unspecified atom stereocenters. The number of hydrogen-bond acceptors (Lipinski definition) is 3. The van der Waals surface area contributed by atoms with Crippen molar-refractivity contribution >= 4 is 11.0 Å². The predicted molar refractivity (Wildman–Crippen MR) is 280 cm³/mol. The van der Waals surface area contributed by atoms with Gasteiger partial charge in [-0.05, 0) is 90.8 Å². The summed E-state index contributed by atoms with van der Waals surface area (Å²) in [6.45, 7) is 32.3. The van der Waals surface area contributed by atoms with Crippen molar-refractivity contribution in [3.8, 4) is 67.5 Å². The van der Waals surface area contributed by atoms with Crippen molar-refractivity contribution in [1.29, 1.82) is 0 Å². The van der Waals surface area contributed by atoms with Crippen molar-refractivity contribution < 1.29 is 28.9 Å². The number of benzene rings is 6. The van der Waals surface area contributed by atoms with Crippen LogP contribution in [0.25, 0.3) is 72.7 Å². The molecule has 0 amide bonds. The molecule has 67 heavy (non-hydrogen) atoms. The number of imidazole rings is 1. The van der Waals surface area contributed by atoms with Crippen LogP contribution >= 0.6 is 0 Å². The molecule has 0 atom stereocenters. The summed E-state index contributed by atoms with van der Waals surface area (Å²) in [7, 11) is 0. The van der Waals surface area contributed by atoms with Crippen molar-refractivity contribution in [3.63, 3.8) is 0 Å². The number of pyridine rings is 1. The van der Waals surface area contributed by atoms with Gasteiger partial charge in [0.15, 0.2) is 0 Å². The van der Waals surface area contributed by atoms with Crippen LogP contribution in [0.15, 0.2) is 134 Å². The Balaban J connectivity index is 0.00000703. The Morgan fingerprint density at radius 3 is 1.76 bits per heavy atom. The van der Waals surface area contributed by atoms with Gasteiger partial charge in [0.2, 0.25) is 0 Å². The number of nitrogens with zero attached hydrogens (tertiary/aromatic N) is 3. The third-order valence-corrected chi connectivity index (χ3v) is 12.7. The molecule has 0 bridgehead atoms. The average molecular weight is 1070 g/mol. The van der Waals surface area contributed by atoms with Crippen molar-refractivity contribution in [2.45, 2.75) is 131 Å². The van der Waals surface area contributed by atoms with Crippen molar-refractivity contribution in [2.75, 3.05) is 0 Å². The van der Waals surface area contributed by atoms with E-state index in [1.807, 2.05) is 53.8 Å². The Kier molecular flexibility index (Phi) is 12.4. The van der Waals surface area contributed by atoms with Gasteiger partial charge in [0.25, 0.3) is 0 Å². The standard InChI is InChI=1S/C62H68N3O.Pt/c1-58(2,3)43-28-29-53(48(36-43)39-22-17-16-18-23-39)65-54-27-21-25-47(55(54)64-57(65)49-37-45(60(7,8)9)38-51(56(49)66)62(13,14)15)41-32-42(34-44(33-41)59(4,5)6)52-35-40(30-31-63-52)46-24-19-20-26-50(46)61(10,11)12;/h16-31,33-38,66H,1-15H3;/q-1;/i37D,38D;. The first-order valence-electron chi connectivity index (χ1n) is 24.4. The first-order chi connectivity index (χ1) is 31.7. The molecule has 0 fully saturated rings. The molecule has 0 aliphatic carbocycles. The summed E-state index contributed by atoms with van der Waals surface area (Å²) in [5.41, 5.74) is 13.5. The van der Waals surface area contributed by atoms with Gasteiger partial charge < -0.3 is 5.11 Å². The summed E-state index contributed by atoms with van der Waals surface area (Å²) >= 11 is 0. The number of aromatic nitrogens is 3. The number of rotatable bonds is 6. The van der Waals surface area contributed by atoms with E-state index in [-0.39, 0.29) is 55.1 Å². The van der Waals surface area contributed by atoms with E-state index in [1.54, 1.807) is 0 Å². The van der Waals surface area contributed by atoms with Gasteiger partial charge in [-0.15, -0.1) is 29.3 Å². The summed E-state index contributed by atoms with van der Waals surface area (Å²) in [5.74, 6) is 0.347. The van der Waals surface area contributed by atoms with Crippen LogP contribution < -0.4 is 0 Å². The zero-order valence-corrected chi connectivity index (χ0v) is 44.4. The molecular weight excluding hydrogens is 998 g/mol. The second-order valence-electron chi connectivity index (χ2n) is 23.2. The number of aromatic hydroxyl groups is 1. The minimum Gasteiger partial charge on any atom is -0.507 e. The fraction of sp³-hybridized carbons (Fsp3) is 0.323. The second kappa shape index (κ2) is 17.8. The molecule has 2 aromatic heterocycles. The van der Waals surface area contributed by atoms with Crippen LogP contribution in [0.2, 0.25) is 0 Å². The van der Waals surface area contributed by atoms with Crippen LogP contribution in [0.3, 0.4) is 0 Å². The molecule has 1 N–H and O–H groups in total. The van der Waals surface area contributed by atoms with Gasteiger partial charge in [-0.1, -0.05) is 200 Å². The fourth-order valence-corrected chi connectivity index (χ4v) is 8.80. The van der Waals surface area contributed by atoms with Gasteiger partial charge in [-0.2, -0.15) is 0 Å². The molecule has 0 saturated carbocycles. The van der Waals surface area contributed by atoms with Gasteiger partial charge in [-0.25, -0.2) is 4.98 Å². The van der Waals surface area contributed by atoms with Gasteiger partial charge >= 0.3 is 0 Å². The predicted octanol–water partition coefficient (Wildman–Crippen LogP) is 16.7. The van der Waals surface area contributed by atoms with Crippen LogP contribution in [0.5, 0.6) is 5.75 Å². The molecule has 0 radical (unpaired) electrons. The Morgan fingerprint density at radius 1 is 0.507 bits per heavy atom. The maximum absolute atomic E-state index is 12.7. The number of fused-ring (bicyclic) bond motifs is 1. The number of phenolic OH excluding ortho intramolecular Hbond substituents is 1. The summed E-state index contributed by atoms with van der Waals surface area (Å²) in [6, 6.07) is 44.8. The topological polar surface area (TPSA) is 50.9 Å². The van der Waals surface area contributed by atoms with E-state index < -0.39 is 10.8 Å². The van der Waals surface area contributed by atoms with Gasteiger partial charge in [0.1, 0.15) is 11.6 Å². The molecule has 348 valence electrons. The summed E-state index contributed by atoms with van der Waals surface area (Å²) in [5, 5.41) is 12.7. The smallest absolute Gasteiger partial charge is 0.148 e. The Bertz CT molecular complexity index is 3180. The molecule has 2 heterocycles. The molecule has 0 saturated heterocycles. The average Bonchev–Trinajstić information content (AvgIpc) is 3.63. The summed E-state index contributed by atoms with van der Waals surface area (Å²) in [4.78, 5) is 10.6. The molecule has 0 aliphatic heterocycles. The zero-order valence-electron chi connectivity index (χ0n) is 44.2. The first-order valence-corrected chi connectivity index (χ1v) is 23.4. The largest absolute Gasteiger partial charge is 0.507 e. The normalized spacial score (nSPS) is 13.1. The summed E-state index contributed by atoms with van der Waals surface area (Å²) in [6.07, 6.45) is 1.90. The SMILES string of the molecule is [2H]c1c(-c2nc3c(-c4[c-]c(-c5cc(-c6ccccc6C(C)(C)C)ccn5)cc(C(C)(C)C)c4)cccc3n2-c2ccc(C(C)(C)C)cc2-c2ccccc2)c(O)c(C(C)(C)C)c([2H])c1C(C)(C)C.[Pt]. The number of hydrogen-bond donors (Lipinski definition) is 1. The monoisotopic (exact) mass is 1070 g/mol. The maximum Gasteiger partial charge on any atom is 0.148 e. The third-order valence-electron chi connectivity index (χ3n) is 12.7. The molecule has 5 heteroatoms. The minimum atomic E-state index is -0.617. The van der Waals surface area contributed by atoms with Crippen LogP contribution in [0.1, 0.15) is 134 Å². The van der Waals surface area contributed by atoms with E-state index in [4.69, 9.17) is 9.97 Å². The van der Waals surface area contributed by atoms with E-state index in [0.29, 0.717) is 28.0 Å². The van der Waals surface area contributed by atoms with E-state index in [0.717, 1.165) is 55.8 Å². The van der Waals surface area contributed by atoms with Crippen molar-refractivity contribution in [2.24, 2.45) is 0 Å². The summed E-state index contributed by atoms with van der Waals surface area (Å²) < 4.78 is 21.7. The van der Waals surface area contributed by atoms with Crippen molar-refractivity contribution in [1.82, 2.24) is 14.5 Å². The van der Waals surface area contributed by atoms with E-state index in [1.165, 1.54) is 16.7 Å². The van der Waals surface area contributed by atoms with Gasteiger partial charge in [-0.3, -0.25) is 9.55 Å². The first kappa shape index (κ1) is 46.5. The van der Waals surface area contributed by atoms with Crippen LogP contribution in [0.4, 0.5) is 0 Å². The van der Waals surface area contributed by atoms with Crippen LogP contribution in [0, 0.1) is 6.07 Å². The molecule has 0 aliphatic rings. The van der Waals surface area contributed by atoms with E-state index in [2.05, 4.69) is 182 Å². The quantitative estimate of drug-likeness (QED) is 0.169. The second-order valence-corrected chi connectivity index (χ2v) is 23.2. The molecule has 0 spiro atoms. The van der Waals surface area contributed by atoms with Crippen LogP contribution in [-0.2, 0) is 48.1 Å².